The van der Waals surface area contributed by atoms with Gasteiger partial charge in [-0.05, 0) is 29.7 Å². The smallest absolute Gasteiger partial charge is 0.255 e. The topological polar surface area (TPSA) is 49.3 Å². The van der Waals surface area contributed by atoms with Gasteiger partial charge in [0.05, 0.1) is 5.92 Å². The summed E-state index contributed by atoms with van der Waals surface area (Å²) in [7, 11) is 0. The summed E-state index contributed by atoms with van der Waals surface area (Å²) in [5, 5.41) is 9.11. The maximum Gasteiger partial charge on any atom is 0.255 e. The highest BCUT2D eigenvalue weighted by molar-refractivity contribution is 5.86. The number of hydrogen-bond donors (Lipinski definition) is 2. The van der Waals surface area contributed by atoms with E-state index in [1.807, 2.05) is 54.6 Å². The van der Waals surface area contributed by atoms with Crippen molar-refractivity contribution >= 4 is 5.91 Å². The lowest BCUT2D eigenvalue weighted by Crippen LogP contribution is -2.27. The second kappa shape index (κ2) is 10.3. The molecule has 2 aromatic carbocycles. The maximum absolute atomic E-state index is 12.2. The fraction of sp³-hybridized carbons (Fsp3) is 0.318. The van der Waals surface area contributed by atoms with Crippen LogP contribution in [0.25, 0.3) is 0 Å². The molecule has 3 heteroatoms. The van der Waals surface area contributed by atoms with E-state index in [0.717, 1.165) is 29.5 Å². The van der Waals surface area contributed by atoms with E-state index >= 15 is 0 Å². The van der Waals surface area contributed by atoms with Crippen LogP contribution in [0, 0.1) is 11.8 Å². The third-order valence-electron chi connectivity index (χ3n) is 4.11. The molecule has 0 aliphatic heterocycles. The number of hydrogen-bond acceptors (Lipinski definition) is 2. The molecule has 130 valence electrons. The zero-order valence-corrected chi connectivity index (χ0v) is 14.7. The van der Waals surface area contributed by atoms with E-state index in [-0.39, 0.29) is 0 Å². The average Bonchev–Trinajstić information content (AvgIpc) is 2.66. The molecule has 1 amide bonds. The van der Waals surface area contributed by atoms with Crippen molar-refractivity contribution in [3.63, 3.8) is 0 Å². The number of hydroxylamine groups is 1. The first-order valence-electron chi connectivity index (χ1n) is 8.84. The number of carbonyl (C=O) groups is 1. The molecule has 0 heterocycles. The van der Waals surface area contributed by atoms with Crippen LogP contribution in [0.1, 0.15) is 61.6 Å². The van der Waals surface area contributed by atoms with Crippen LogP contribution >= 0.6 is 0 Å². The molecule has 0 aliphatic rings. The van der Waals surface area contributed by atoms with Crippen LogP contribution in [0.4, 0.5) is 0 Å². The molecule has 0 bridgehead atoms. The lowest BCUT2D eigenvalue weighted by Gasteiger charge is -2.16. The van der Waals surface area contributed by atoms with Gasteiger partial charge in [0.1, 0.15) is 0 Å². The standard InChI is InChI=1S/C22H25NO2/c1-2-3-4-5-6-8-12-18-13-11-16-20(17-18)21(22(24)23-25)19-14-9-7-10-15-19/h7,9-11,13-17,21,25H,2-6H2,1H3,(H,23,24). The van der Waals surface area contributed by atoms with Crippen LogP contribution in [0.15, 0.2) is 54.6 Å². The van der Waals surface area contributed by atoms with Gasteiger partial charge in [0, 0.05) is 12.0 Å². The second-order valence-electron chi connectivity index (χ2n) is 6.06. The summed E-state index contributed by atoms with van der Waals surface area (Å²) in [6.45, 7) is 2.20. The van der Waals surface area contributed by atoms with Crippen molar-refractivity contribution in [2.75, 3.05) is 0 Å². The van der Waals surface area contributed by atoms with Crippen molar-refractivity contribution < 1.29 is 10.0 Å². The molecule has 1 unspecified atom stereocenters. The summed E-state index contributed by atoms with van der Waals surface area (Å²) in [4.78, 5) is 12.2. The first-order chi connectivity index (χ1) is 12.3. The molecule has 2 rings (SSSR count). The molecule has 2 N–H and O–H groups in total. The van der Waals surface area contributed by atoms with Gasteiger partial charge in [-0.1, -0.05) is 80.5 Å². The molecule has 0 aromatic heterocycles. The fourth-order valence-corrected chi connectivity index (χ4v) is 2.81. The van der Waals surface area contributed by atoms with Gasteiger partial charge in [-0.15, -0.1) is 0 Å². The molecule has 3 nitrogen and oxygen atoms in total. The Morgan fingerprint density at radius 2 is 1.80 bits per heavy atom. The van der Waals surface area contributed by atoms with E-state index < -0.39 is 11.8 Å². The minimum absolute atomic E-state index is 0.448. The predicted octanol–water partition coefficient (Wildman–Crippen LogP) is 4.65. The van der Waals surface area contributed by atoms with Gasteiger partial charge in [-0.2, -0.15) is 0 Å². The van der Waals surface area contributed by atoms with Crippen molar-refractivity contribution in [1.29, 1.82) is 0 Å². The van der Waals surface area contributed by atoms with Crippen LogP contribution in [0.3, 0.4) is 0 Å². The van der Waals surface area contributed by atoms with E-state index in [2.05, 4.69) is 18.8 Å². The lowest BCUT2D eigenvalue weighted by molar-refractivity contribution is -0.129. The Morgan fingerprint density at radius 3 is 2.52 bits per heavy atom. The molecule has 0 spiro atoms. The molecule has 0 saturated heterocycles. The minimum Gasteiger partial charge on any atom is -0.289 e. The predicted molar refractivity (Wildman–Crippen MR) is 100 cm³/mol. The van der Waals surface area contributed by atoms with E-state index in [0.29, 0.717) is 0 Å². The molecule has 0 radical (unpaired) electrons. The third kappa shape index (κ3) is 5.77. The highest BCUT2D eigenvalue weighted by atomic mass is 16.5. The summed E-state index contributed by atoms with van der Waals surface area (Å²) in [5.41, 5.74) is 4.31. The largest absolute Gasteiger partial charge is 0.289 e. The average molecular weight is 335 g/mol. The lowest BCUT2D eigenvalue weighted by atomic mass is 9.90. The van der Waals surface area contributed by atoms with Gasteiger partial charge >= 0.3 is 0 Å². The first kappa shape index (κ1) is 18.8. The molecular weight excluding hydrogens is 310 g/mol. The summed E-state index contributed by atoms with van der Waals surface area (Å²) >= 11 is 0. The van der Waals surface area contributed by atoms with Gasteiger partial charge < -0.3 is 0 Å². The first-order valence-corrected chi connectivity index (χ1v) is 8.84. The molecule has 2 aromatic rings. The molecule has 0 aliphatic carbocycles. The number of carbonyl (C=O) groups excluding carboxylic acids is 1. The maximum atomic E-state index is 12.2. The summed E-state index contributed by atoms with van der Waals surface area (Å²) in [6, 6.07) is 17.1. The number of rotatable bonds is 7. The number of benzene rings is 2. The number of amides is 1. The van der Waals surface area contributed by atoms with Crippen LogP contribution < -0.4 is 5.48 Å². The van der Waals surface area contributed by atoms with Crippen molar-refractivity contribution in [1.82, 2.24) is 5.48 Å². The van der Waals surface area contributed by atoms with Crippen LogP contribution in [-0.4, -0.2) is 11.1 Å². The highest BCUT2D eigenvalue weighted by Gasteiger charge is 2.22. The monoisotopic (exact) mass is 335 g/mol. The molecular formula is C22H25NO2. The normalized spacial score (nSPS) is 11.3. The molecule has 0 fully saturated rings. The molecule has 1 atom stereocenters. The SMILES string of the molecule is CCCCCCC#Cc1cccc(C(C(=O)NO)c2ccccc2)c1. The van der Waals surface area contributed by atoms with Gasteiger partial charge in [-0.25, -0.2) is 5.48 Å². The van der Waals surface area contributed by atoms with Crippen LogP contribution in [0.2, 0.25) is 0 Å². The third-order valence-corrected chi connectivity index (χ3v) is 4.11. The van der Waals surface area contributed by atoms with Crippen molar-refractivity contribution in [3.8, 4) is 11.8 Å². The van der Waals surface area contributed by atoms with Crippen molar-refractivity contribution in [2.24, 2.45) is 0 Å². The Kier molecular flexibility index (Phi) is 7.75. The molecule has 0 saturated carbocycles. The van der Waals surface area contributed by atoms with E-state index in [4.69, 9.17) is 5.21 Å². The Balaban J connectivity index is 2.17. The Bertz CT molecular complexity index is 728. The van der Waals surface area contributed by atoms with Crippen LogP contribution in [-0.2, 0) is 4.79 Å². The van der Waals surface area contributed by atoms with Gasteiger partial charge in [0.2, 0.25) is 0 Å². The Hall–Kier alpha value is -2.57. The van der Waals surface area contributed by atoms with E-state index in [1.54, 1.807) is 5.48 Å². The van der Waals surface area contributed by atoms with E-state index in [9.17, 15) is 4.79 Å². The Morgan fingerprint density at radius 1 is 1.04 bits per heavy atom. The van der Waals surface area contributed by atoms with Crippen molar-refractivity contribution in [2.45, 2.75) is 44.9 Å². The summed E-state index contributed by atoms with van der Waals surface area (Å²) < 4.78 is 0. The van der Waals surface area contributed by atoms with Crippen LogP contribution in [0.5, 0.6) is 0 Å². The van der Waals surface area contributed by atoms with E-state index in [1.165, 1.54) is 19.3 Å². The summed E-state index contributed by atoms with van der Waals surface area (Å²) in [6.07, 6.45) is 5.72. The number of nitrogens with one attached hydrogen (secondary N) is 1. The van der Waals surface area contributed by atoms with Gasteiger partial charge in [0.25, 0.3) is 5.91 Å². The summed E-state index contributed by atoms with van der Waals surface area (Å²) in [5.74, 6) is 5.38. The zero-order chi connectivity index (χ0) is 17.9. The number of unbranched alkanes of at least 4 members (excludes halogenated alkanes) is 4. The highest BCUT2D eigenvalue weighted by Crippen LogP contribution is 2.25. The van der Waals surface area contributed by atoms with Crippen molar-refractivity contribution in [3.05, 3.63) is 71.3 Å². The Labute approximate surface area is 150 Å². The van der Waals surface area contributed by atoms with Gasteiger partial charge in [-0.3, -0.25) is 10.0 Å². The quantitative estimate of drug-likeness (QED) is 0.335. The fourth-order valence-electron chi connectivity index (χ4n) is 2.81. The van der Waals surface area contributed by atoms with Gasteiger partial charge in [0.15, 0.2) is 0 Å². The minimum atomic E-state index is -0.558. The second-order valence-corrected chi connectivity index (χ2v) is 6.06. The molecule has 25 heavy (non-hydrogen) atoms. The zero-order valence-electron chi connectivity index (χ0n) is 14.7.